The second kappa shape index (κ2) is 8.34. The van der Waals surface area contributed by atoms with Crippen molar-refractivity contribution in [2.75, 3.05) is 32.7 Å². The maximum Gasteiger partial charge on any atom is 0.191 e. The number of hydrogen-bond acceptors (Lipinski definition) is 2. The third kappa shape index (κ3) is 6.51. The summed E-state index contributed by atoms with van der Waals surface area (Å²) >= 11 is 0. The van der Waals surface area contributed by atoms with Crippen LogP contribution in [0, 0.1) is 0 Å². The summed E-state index contributed by atoms with van der Waals surface area (Å²) < 4.78 is 0. The van der Waals surface area contributed by atoms with E-state index in [9.17, 15) is 0 Å². The Morgan fingerprint density at radius 1 is 1.24 bits per heavy atom. The molecule has 1 aliphatic rings. The van der Waals surface area contributed by atoms with Crippen molar-refractivity contribution in [3.05, 3.63) is 0 Å². The van der Waals surface area contributed by atoms with Crippen LogP contribution >= 0.6 is 0 Å². The van der Waals surface area contributed by atoms with Gasteiger partial charge in [-0.25, -0.2) is 0 Å². The monoisotopic (exact) mass is 240 g/mol. The van der Waals surface area contributed by atoms with Gasteiger partial charge in [0.2, 0.25) is 0 Å². The van der Waals surface area contributed by atoms with E-state index in [1.54, 1.807) is 0 Å². The van der Waals surface area contributed by atoms with E-state index in [2.05, 4.69) is 41.3 Å². The highest BCUT2D eigenvalue weighted by atomic mass is 15.2. The van der Waals surface area contributed by atoms with Gasteiger partial charge in [0.15, 0.2) is 5.96 Å². The first-order chi connectivity index (χ1) is 8.22. The van der Waals surface area contributed by atoms with Crippen LogP contribution < -0.4 is 10.6 Å². The zero-order valence-electron chi connectivity index (χ0n) is 11.6. The molecule has 0 atom stereocenters. The fourth-order valence-corrected chi connectivity index (χ4v) is 2.08. The Hall–Kier alpha value is -0.770. The second-order valence-electron chi connectivity index (χ2n) is 4.96. The number of guanidine groups is 1. The minimum absolute atomic E-state index is 0.433. The first-order valence-electron chi connectivity index (χ1n) is 6.99. The van der Waals surface area contributed by atoms with Gasteiger partial charge in [-0.15, -0.1) is 0 Å². The molecule has 0 radical (unpaired) electrons. The highest BCUT2D eigenvalue weighted by Crippen LogP contribution is 2.07. The van der Waals surface area contributed by atoms with E-state index in [0.29, 0.717) is 6.04 Å². The van der Waals surface area contributed by atoms with Crippen LogP contribution in [0.1, 0.15) is 40.0 Å². The van der Waals surface area contributed by atoms with Crippen molar-refractivity contribution < 1.29 is 0 Å². The smallest absolute Gasteiger partial charge is 0.191 e. The topological polar surface area (TPSA) is 39.7 Å². The summed E-state index contributed by atoms with van der Waals surface area (Å²) in [5.74, 6) is 0.944. The van der Waals surface area contributed by atoms with Crippen LogP contribution in [0.3, 0.4) is 0 Å². The molecule has 1 saturated heterocycles. The van der Waals surface area contributed by atoms with Crippen molar-refractivity contribution in [3.63, 3.8) is 0 Å². The Morgan fingerprint density at radius 2 is 1.94 bits per heavy atom. The molecule has 0 aromatic heterocycles. The lowest BCUT2D eigenvalue weighted by molar-refractivity contribution is 0.235. The minimum atomic E-state index is 0.433. The first kappa shape index (κ1) is 14.3. The largest absolute Gasteiger partial charge is 0.357 e. The summed E-state index contributed by atoms with van der Waals surface area (Å²) in [6.45, 7) is 11.8. The molecule has 100 valence electrons. The van der Waals surface area contributed by atoms with Gasteiger partial charge >= 0.3 is 0 Å². The zero-order chi connectivity index (χ0) is 12.5. The van der Waals surface area contributed by atoms with Gasteiger partial charge in [0.1, 0.15) is 0 Å². The van der Waals surface area contributed by atoms with Gasteiger partial charge < -0.3 is 15.5 Å². The van der Waals surface area contributed by atoms with Gasteiger partial charge in [0, 0.05) is 19.1 Å². The summed E-state index contributed by atoms with van der Waals surface area (Å²) in [5.41, 5.74) is 0. The second-order valence-corrected chi connectivity index (χ2v) is 4.96. The van der Waals surface area contributed by atoms with Gasteiger partial charge in [0.05, 0.1) is 6.54 Å². The number of nitrogens with one attached hydrogen (secondary N) is 2. The molecule has 0 unspecified atom stereocenters. The van der Waals surface area contributed by atoms with Crippen LogP contribution in [0.4, 0.5) is 0 Å². The Balaban J connectivity index is 2.26. The summed E-state index contributed by atoms with van der Waals surface area (Å²) in [6, 6.07) is 0.433. The number of aliphatic imine (C=N–C) groups is 1. The molecule has 0 aromatic rings. The SMILES string of the molecule is CCNC(=NCCN1CCCCC1)NC(C)C. The number of hydrogen-bond donors (Lipinski definition) is 2. The molecule has 1 aliphatic heterocycles. The van der Waals surface area contributed by atoms with Crippen LogP contribution in [-0.2, 0) is 0 Å². The summed E-state index contributed by atoms with van der Waals surface area (Å²) in [4.78, 5) is 7.12. The van der Waals surface area contributed by atoms with Gasteiger partial charge in [-0.3, -0.25) is 4.99 Å². The highest BCUT2D eigenvalue weighted by molar-refractivity contribution is 5.79. The molecule has 0 aliphatic carbocycles. The predicted octanol–water partition coefficient (Wildman–Crippen LogP) is 1.44. The molecule has 0 bridgehead atoms. The minimum Gasteiger partial charge on any atom is -0.357 e. The van der Waals surface area contributed by atoms with Gasteiger partial charge in [-0.05, 0) is 46.7 Å². The van der Waals surface area contributed by atoms with E-state index in [-0.39, 0.29) is 0 Å². The van der Waals surface area contributed by atoms with E-state index in [0.717, 1.165) is 25.6 Å². The lowest BCUT2D eigenvalue weighted by Crippen LogP contribution is -2.41. The summed E-state index contributed by atoms with van der Waals surface area (Å²) in [7, 11) is 0. The molecule has 0 aromatic carbocycles. The molecule has 17 heavy (non-hydrogen) atoms. The molecule has 1 rings (SSSR count). The molecule has 4 heteroatoms. The molecular formula is C13H28N4. The van der Waals surface area contributed by atoms with Crippen molar-refractivity contribution in [2.45, 2.75) is 46.1 Å². The third-order valence-corrected chi connectivity index (χ3v) is 2.90. The van der Waals surface area contributed by atoms with Crippen LogP contribution in [0.15, 0.2) is 4.99 Å². The normalized spacial score (nSPS) is 18.5. The van der Waals surface area contributed by atoms with Crippen LogP contribution in [0.2, 0.25) is 0 Å². The molecule has 0 saturated carbocycles. The summed E-state index contributed by atoms with van der Waals surface area (Å²) in [5, 5.41) is 6.61. The fraction of sp³-hybridized carbons (Fsp3) is 0.923. The fourth-order valence-electron chi connectivity index (χ4n) is 2.08. The number of nitrogens with zero attached hydrogens (tertiary/aromatic N) is 2. The van der Waals surface area contributed by atoms with Crippen molar-refractivity contribution in [3.8, 4) is 0 Å². The highest BCUT2D eigenvalue weighted by Gasteiger charge is 2.08. The standard InChI is InChI=1S/C13H28N4/c1-4-14-13(16-12(2)3)15-8-11-17-9-6-5-7-10-17/h12H,4-11H2,1-3H3,(H2,14,15,16). The van der Waals surface area contributed by atoms with Gasteiger partial charge in [-0.2, -0.15) is 0 Å². The molecule has 2 N–H and O–H groups in total. The van der Waals surface area contributed by atoms with Crippen molar-refractivity contribution in [2.24, 2.45) is 4.99 Å². The van der Waals surface area contributed by atoms with Crippen LogP contribution in [-0.4, -0.2) is 49.6 Å². The van der Waals surface area contributed by atoms with Crippen molar-refractivity contribution >= 4 is 5.96 Å². The Morgan fingerprint density at radius 3 is 2.53 bits per heavy atom. The molecule has 0 spiro atoms. The predicted molar refractivity (Wildman–Crippen MR) is 74.5 cm³/mol. The van der Waals surface area contributed by atoms with E-state index < -0.39 is 0 Å². The van der Waals surface area contributed by atoms with E-state index in [1.165, 1.54) is 32.4 Å². The maximum atomic E-state index is 4.60. The number of rotatable bonds is 5. The Labute approximate surface area is 106 Å². The molecule has 1 heterocycles. The maximum absolute atomic E-state index is 4.60. The quantitative estimate of drug-likeness (QED) is 0.564. The first-order valence-corrected chi connectivity index (χ1v) is 6.99. The molecule has 4 nitrogen and oxygen atoms in total. The van der Waals surface area contributed by atoms with Crippen molar-refractivity contribution in [1.82, 2.24) is 15.5 Å². The number of likely N-dealkylation sites (tertiary alicyclic amines) is 1. The molecular weight excluding hydrogens is 212 g/mol. The lowest BCUT2D eigenvalue weighted by Gasteiger charge is -2.25. The summed E-state index contributed by atoms with van der Waals surface area (Å²) in [6.07, 6.45) is 4.11. The van der Waals surface area contributed by atoms with Gasteiger partial charge in [-0.1, -0.05) is 6.42 Å². The van der Waals surface area contributed by atoms with E-state index in [4.69, 9.17) is 0 Å². The van der Waals surface area contributed by atoms with Crippen LogP contribution in [0.25, 0.3) is 0 Å². The Kier molecular flexibility index (Phi) is 7.01. The van der Waals surface area contributed by atoms with Crippen LogP contribution in [0.5, 0.6) is 0 Å². The van der Waals surface area contributed by atoms with E-state index >= 15 is 0 Å². The Bertz CT molecular complexity index is 219. The molecule has 1 fully saturated rings. The average Bonchev–Trinajstić information content (AvgIpc) is 2.30. The average molecular weight is 240 g/mol. The van der Waals surface area contributed by atoms with Gasteiger partial charge in [0.25, 0.3) is 0 Å². The molecule has 0 amide bonds. The number of piperidine rings is 1. The lowest BCUT2D eigenvalue weighted by atomic mass is 10.1. The zero-order valence-corrected chi connectivity index (χ0v) is 11.6. The van der Waals surface area contributed by atoms with E-state index in [1.807, 2.05) is 0 Å². The van der Waals surface area contributed by atoms with Crippen molar-refractivity contribution in [1.29, 1.82) is 0 Å². The third-order valence-electron chi connectivity index (χ3n) is 2.90.